The molecule has 0 unspecified atom stereocenters. The summed E-state index contributed by atoms with van der Waals surface area (Å²) in [5, 5.41) is 13.9. The molecular formula is C18H20N4. The number of aromatic nitrogens is 2. The highest BCUT2D eigenvalue weighted by molar-refractivity contribution is 5.35. The molecule has 0 atom stereocenters. The summed E-state index contributed by atoms with van der Waals surface area (Å²) >= 11 is 0. The van der Waals surface area contributed by atoms with Gasteiger partial charge in [-0.05, 0) is 37.6 Å². The number of nitrogens with zero attached hydrogens (tertiary/aromatic N) is 4. The minimum absolute atomic E-state index is 0.697. The van der Waals surface area contributed by atoms with Crippen molar-refractivity contribution in [3.05, 3.63) is 52.3 Å². The Kier molecular flexibility index (Phi) is 3.24. The van der Waals surface area contributed by atoms with E-state index in [1.165, 1.54) is 35.4 Å². The first-order valence-corrected chi connectivity index (χ1v) is 8.00. The third kappa shape index (κ3) is 2.42. The van der Waals surface area contributed by atoms with Crippen LogP contribution in [0.3, 0.4) is 0 Å². The van der Waals surface area contributed by atoms with Gasteiger partial charge in [0.1, 0.15) is 0 Å². The number of hydrogen-bond acceptors (Lipinski definition) is 3. The van der Waals surface area contributed by atoms with E-state index >= 15 is 0 Å². The van der Waals surface area contributed by atoms with Gasteiger partial charge in [0.2, 0.25) is 0 Å². The van der Waals surface area contributed by atoms with E-state index in [9.17, 15) is 0 Å². The Morgan fingerprint density at radius 3 is 2.73 bits per heavy atom. The highest BCUT2D eigenvalue weighted by atomic mass is 15.3. The third-order valence-corrected chi connectivity index (χ3v) is 4.74. The fourth-order valence-electron chi connectivity index (χ4n) is 3.33. The first kappa shape index (κ1) is 13.5. The first-order valence-electron chi connectivity index (χ1n) is 8.00. The molecule has 1 aliphatic heterocycles. The SMILES string of the molecule is CN1CCc2c(c(C3CC3)nn2Cc2ccc(C#N)cc2)C1. The molecule has 0 N–H and O–H groups in total. The zero-order valence-corrected chi connectivity index (χ0v) is 12.9. The molecule has 1 aromatic carbocycles. The topological polar surface area (TPSA) is 44.9 Å². The van der Waals surface area contributed by atoms with E-state index in [2.05, 4.69) is 22.7 Å². The van der Waals surface area contributed by atoms with E-state index in [1.807, 2.05) is 24.3 Å². The van der Waals surface area contributed by atoms with Crippen LogP contribution < -0.4 is 0 Å². The summed E-state index contributed by atoms with van der Waals surface area (Å²) in [6.45, 7) is 2.95. The second-order valence-electron chi connectivity index (χ2n) is 6.54. The van der Waals surface area contributed by atoms with E-state index < -0.39 is 0 Å². The van der Waals surface area contributed by atoms with Gasteiger partial charge in [0.05, 0.1) is 23.9 Å². The standard InChI is InChI=1S/C18H20N4/c1-21-9-8-17-16(12-21)18(15-6-7-15)20-22(17)11-14-4-2-13(10-19)3-5-14/h2-5,15H,6-9,11-12H2,1H3. The molecule has 2 heterocycles. The average molecular weight is 292 g/mol. The van der Waals surface area contributed by atoms with Crippen LogP contribution in [0.2, 0.25) is 0 Å². The molecule has 2 aromatic rings. The molecule has 4 nitrogen and oxygen atoms in total. The van der Waals surface area contributed by atoms with Gasteiger partial charge in [-0.1, -0.05) is 12.1 Å². The predicted octanol–water partition coefficient (Wildman–Crippen LogP) is 2.67. The second kappa shape index (κ2) is 5.26. The molecule has 0 saturated heterocycles. The summed E-state index contributed by atoms with van der Waals surface area (Å²) in [6.07, 6.45) is 3.68. The number of likely N-dealkylation sites (N-methyl/N-ethyl adjacent to an activating group) is 1. The van der Waals surface area contributed by atoms with E-state index in [-0.39, 0.29) is 0 Å². The normalized spacial score (nSPS) is 18.0. The highest BCUT2D eigenvalue weighted by Crippen LogP contribution is 2.42. The minimum Gasteiger partial charge on any atom is -0.302 e. The smallest absolute Gasteiger partial charge is 0.0991 e. The molecule has 0 spiro atoms. The van der Waals surface area contributed by atoms with E-state index in [4.69, 9.17) is 10.4 Å². The van der Waals surface area contributed by atoms with Crippen molar-refractivity contribution in [2.24, 2.45) is 0 Å². The highest BCUT2D eigenvalue weighted by Gasteiger charge is 2.33. The fourth-order valence-corrected chi connectivity index (χ4v) is 3.33. The molecule has 4 rings (SSSR count). The van der Waals surface area contributed by atoms with Crippen LogP contribution >= 0.6 is 0 Å². The van der Waals surface area contributed by atoms with Crippen molar-refractivity contribution < 1.29 is 0 Å². The first-order chi connectivity index (χ1) is 10.7. The largest absolute Gasteiger partial charge is 0.302 e. The molecule has 0 bridgehead atoms. The van der Waals surface area contributed by atoms with Crippen molar-refractivity contribution >= 4 is 0 Å². The maximum absolute atomic E-state index is 8.90. The molecule has 0 radical (unpaired) electrons. The van der Waals surface area contributed by atoms with E-state index in [0.717, 1.165) is 26.1 Å². The fraction of sp³-hybridized carbons (Fsp3) is 0.444. The van der Waals surface area contributed by atoms with Gasteiger partial charge in [-0.25, -0.2) is 0 Å². The Morgan fingerprint density at radius 2 is 2.05 bits per heavy atom. The number of fused-ring (bicyclic) bond motifs is 1. The maximum Gasteiger partial charge on any atom is 0.0991 e. The van der Waals surface area contributed by atoms with Crippen molar-refractivity contribution in [3.8, 4) is 6.07 Å². The van der Waals surface area contributed by atoms with Gasteiger partial charge in [0.25, 0.3) is 0 Å². The van der Waals surface area contributed by atoms with Crippen molar-refractivity contribution in [1.82, 2.24) is 14.7 Å². The van der Waals surface area contributed by atoms with Gasteiger partial charge in [-0.2, -0.15) is 10.4 Å². The van der Waals surface area contributed by atoms with Crippen LogP contribution in [0.5, 0.6) is 0 Å². The lowest BCUT2D eigenvalue weighted by molar-refractivity contribution is 0.307. The Balaban J connectivity index is 1.66. The van der Waals surface area contributed by atoms with Crippen LogP contribution in [0.1, 0.15) is 46.8 Å². The zero-order valence-electron chi connectivity index (χ0n) is 12.9. The lowest BCUT2D eigenvalue weighted by Gasteiger charge is -2.23. The van der Waals surface area contributed by atoms with E-state index in [0.29, 0.717) is 11.5 Å². The molecule has 1 fully saturated rings. The third-order valence-electron chi connectivity index (χ3n) is 4.74. The summed E-state index contributed by atoms with van der Waals surface area (Å²) in [5.41, 5.74) is 6.17. The molecule has 112 valence electrons. The second-order valence-corrected chi connectivity index (χ2v) is 6.54. The molecule has 1 aliphatic carbocycles. The Hall–Kier alpha value is -2.12. The van der Waals surface area contributed by atoms with E-state index in [1.54, 1.807) is 0 Å². The van der Waals surface area contributed by atoms with Crippen LogP contribution in [0, 0.1) is 11.3 Å². The number of benzene rings is 1. The molecule has 0 amide bonds. The maximum atomic E-state index is 8.90. The van der Waals surface area contributed by atoms with Crippen molar-refractivity contribution in [3.63, 3.8) is 0 Å². The number of nitriles is 1. The Labute approximate surface area is 131 Å². The molecule has 2 aliphatic rings. The van der Waals surface area contributed by atoms with Gasteiger partial charge in [0, 0.05) is 36.7 Å². The van der Waals surface area contributed by atoms with Crippen LogP contribution in [0.25, 0.3) is 0 Å². The number of rotatable bonds is 3. The molecule has 1 aromatic heterocycles. The quantitative estimate of drug-likeness (QED) is 0.873. The van der Waals surface area contributed by atoms with Crippen LogP contribution in [0.15, 0.2) is 24.3 Å². The van der Waals surface area contributed by atoms with Gasteiger partial charge in [-0.3, -0.25) is 4.68 Å². The Bertz CT molecular complexity index is 732. The molecular weight excluding hydrogens is 272 g/mol. The van der Waals surface area contributed by atoms with Gasteiger partial charge in [0.15, 0.2) is 0 Å². The summed E-state index contributed by atoms with van der Waals surface area (Å²) in [7, 11) is 2.19. The van der Waals surface area contributed by atoms with Crippen LogP contribution in [-0.4, -0.2) is 28.3 Å². The van der Waals surface area contributed by atoms with Crippen molar-refractivity contribution in [1.29, 1.82) is 5.26 Å². The van der Waals surface area contributed by atoms with Crippen LogP contribution in [0.4, 0.5) is 0 Å². The lowest BCUT2D eigenvalue weighted by atomic mass is 10.0. The van der Waals surface area contributed by atoms with Crippen molar-refractivity contribution in [2.45, 2.75) is 38.3 Å². The zero-order chi connectivity index (χ0) is 15.1. The van der Waals surface area contributed by atoms with Gasteiger partial charge < -0.3 is 4.90 Å². The van der Waals surface area contributed by atoms with Gasteiger partial charge >= 0.3 is 0 Å². The van der Waals surface area contributed by atoms with Gasteiger partial charge in [-0.15, -0.1) is 0 Å². The Morgan fingerprint density at radius 1 is 1.27 bits per heavy atom. The molecule has 22 heavy (non-hydrogen) atoms. The van der Waals surface area contributed by atoms with Crippen LogP contribution in [-0.2, 0) is 19.5 Å². The minimum atomic E-state index is 0.697. The summed E-state index contributed by atoms with van der Waals surface area (Å²) in [5.74, 6) is 0.697. The molecule has 4 heteroatoms. The number of hydrogen-bond donors (Lipinski definition) is 0. The summed E-state index contributed by atoms with van der Waals surface area (Å²) in [4.78, 5) is 2.39. The predicted molar refractivity (Wildman–Crippen MR) is 84.5 cm³/mol. The summed E-state index contributed by atoms with van der Waals surface area (Å²) in [6, 6.07) is 10.0. The average Bonchev–Trinajstić information content (AvgIpc) is 3.32. The van der Waals surface area contributed by atoms with Crippen molar-refractivity contribution in [2.75, 3.05) is 13.6 Å². The lowest BCUT2D eigenvalue weighted by Crippen LogP contribution is -2.27. The summed E-state index contributed by atoms with van der Waals surface area (Å²) < 4.78 is 2.21. The molecule has 1 saturated carbocycles. The monoisotopic (exact) mass is 292 g/mol.